The normalized spacial score (nSPS) is 15.4. The number of nitrogens with one attached hydrogen (secondary N) is 1. The molecular formula is C24H24N2O4S. The molecule has 0 radical (unpaired) electrons. The number of hydrogen-bond acceptors (Lipinski definition) is 4. The summed E-state index contributed by atoms with van der Waals surface area (Å²) in [7, 11) is -3.72. The van der Waals surface area contributed by atoms with Gasteiger partial charge in [0.1, 0.15) is 5.75 Å². The number of ether oxygens (including phenoxy) is 1. The monoisotopic (exact) mass is 436 g/mol. The van der Waals surface area contributed by atoms with Gasteiger partial charge in [-0.15, -0.1) is 0 Å². The Bertz CT molecular complexity index is 1210. The van der Waals surface area contributed by atoms with Gasteiger partial charge < -0.3 is 9.64 Å². The lowest BCUT2D eigenvalue weighted by atomic mass is 10.1. The summed E-state index contributed by atoms with van der Waals surface area (Å²) in [6.07, 6.45) is 0.821. The molecule has 1 N–H and O–H groups in total. The van der Waals surface area contributed by atoms with Gasteiger partial charge in [0.25, 0.3) is 15.9 Å². The zero-order valence-corrected chi connectivity index (χ0v) is 18.2. The quantitative estimate of drug-likeness (QED) is 0.630. The molecule has 1 amide bonds. The summed E-state index contributed by atoms with van der Waals surface area (Å²) in [5.41, 5.74) is 3.21. The fourth-order valence-electron chi connectivity index (χ4n) is 3.83. The van der Waals surface area contributed by atoms with Crippen LogP contribution in [-0.4, -0.2) is 27.0 Å². The van der Waals surface area contributed by atoms with Crippen molar-refractivity contribution in [2.24, 2.45) is 0 Å². The van der Waals surface area contributed by atoms with Crippen molar-refractivity contribution in [3.8, 4) is 5.75 Å². The minimum absolute atomic E-state index is 0.0752. The van der Waals surface area contributed by atoms with Crippen LogP contribution in [-0.2, 0) is 21.2 Å². The molecule has 0 bridgehead atoms. The summed E-state index contributed by atoms with van der Waals surface area (Å²) in [5, 5.41) is 0. The first-order valence-electron chi connectivity index (χ1n) is 10.1. The van der Waals surface area contributed by atoms with Crippen LogP contribution in [0.1, 0.15) is 18.1 Å². The highest BCUT2D eigenvalue weighted by atomic mass is 32.2. The van der Waals surface area contributed by atoms with E-state index in [0.717, 1.165) is 17.7 Å². The summed E-state index contributed by atoms with van der Waals surface area (Å²) in [6, 6.07) is 21.3. The van der Waals surface area contributed by atoms with Crippen LogP contribution in [0.15, 0.2) is 77.7 Å². The maximum atomic E-state index is 12.8. The number of anilines is 2. The topological polar surface area (TPSA) is 75.7 Å². The Morgan fingerprint density at radius 2 is 1.77 bits per heavy atom. The molecule has 160 valence electrons. The van der Waals surface area contributed by atoms with Crippen molar-refractivity contribution < 1.29 is 17.9 Å². The van der Waals surface area contributed by atoms with Gasteiger partial charge >= 0.3 is 0 Å². The highest BCUT2D eigenvalue weighted by Crippen LogP contribution is 2.32. The molecule has 0 unspecified atom stereocenters. The largest absolute Gasteiger partial charge is 0.483 e. The first kappa shape index (κ1) is 20.9. The molecule has 7 heteroatoms. The zero-order chi connectivity index (χ0) is 22.0. The third-order valence-electron chi connectivity index (χ3n) is 5.31. The lowest BCUT2D eigenvalue weighted by Gasteiger charge is -2.23. The van der Waals surface area contributed by atoms with E-state index in [0.29, 0.717) is 17.0 Å². The van der Waals surface area contributed by atoms with Crippen LogP contribution in [0.25, 0.3) is 0 Å². The molecule has 0 spiro atoms. The lowest BCUT2D eigenvalue weighted by molar-refractivity contribution is -0.120. The molecule has 1 atom stereocenters. The molecule has 3 aromatic rings. The number of hydrogen-bond donors (Lipinski definition) is 1. The first-order valence-corrected chi connectivity index (χ1v) is 11.5. The molecule has 0 aromatic heterocycles. The number of para-hydroxylation sites is 2. The van der Waals surface area contributed by atoms with Crippen LogP contribution in [0.2, 0.25) is 0 Å². The van der Waals surface area contributed by atoms with Gasteiger partial charge in [-0.1, -0.05) is 36.4 Å². The standard InChI is InChI=1S/C24H24N2O4S/c1-17-14-21(31(28,29)25-20-9-4-3-5-10-20)12-13-23(17)30-16-24(27)26-18(2)15-19-8-6-7-11-22(19)26/h3-14,18,25H,15-16H2,1-2H3/t18-/m0/s1. The predicted molar refractivity (Wildman–Crippen MR) is 121 cm³/mol. The van der Waals surface area contributed by atoms with Crippen molar-refractivity contribution in [2.75, 3.05) is 16.2 Å². The summed E-state index contributed by atoms with van der Waals surface area (Å²) in [6.45, 7) is 3.66. The Balaban J connectivity index is 1.45. The zero-order valence-electron chi connectivity index (χ0n) is 17.4. The maximum absolute atomic E-state index is 12.8. The van der Waals surface area contributed by atoms with E-state index in [1.54, 1.807) is 48.2 Å². The Kier molecular flexibility index (Phi) is 5.69. The number of fused-ring (bicyclic) bond motifs is 1. The molecule has 1 heterocycles. The molecule has 0 fully saturated rings. The molecule has 0 aliphatic carbocycles. The van der Waals surface area contributed by atoms with Crippen molar-refractivity contribution in [3.63, 3.8) is 0 Å². The fourth-order valence-corrected chi connectivity index (χ4v) is 4.97. The van der Waals surface area contributed by atoms with Gasteiger partial charge in [-0.3, -0.25) is 9.52 Å². The van der Waals surface area contributed by atoms with E-state index in [1.807, 2.05) is 37.3 Å². The van der Waals surface area contributed by atoms with Gasteiger partial charge in [-0.25, -0.2) is 8.42 Å². The molecule has 31 heavy (non-hydrogen) atoms. The molecule has 3 aromatic carbocycles. The second kappa shape index (κ2) is 8.43. The van der Waals surface area contributed by atoms with E-state index in [2.05, 4.69) is 4.72 Å². The molecule has 6 nitrogen and oxygen atoms in total. The number of carbonyl (C=O) groups excluding carboxylic acids is 1. The average Bonchev–Trinajstić information content (AvgIpc) is 3.08. The van der Waals surface area contributed by atoms with Gasteiger partial charge in [0.2, 0.25) is 0 Å². The number of amides is 1. The molecule has 1 aliphatic rings. The van der Waals surface area contributed by atoms with Gasteiger partial charge in [0.05, 0.1) is 4.90 Å². The third-order valence-corrected chi connectivity index (χ3v) is 6.69. The molecule has 0 saturated heterocycles. The van der Waals surface area contributed by atoms with Crippen molar-refractivity contribution in [3.05, 3.63) is 83.9 Å². The Hall–Kier alpha value is -3.32. The summed E-state index contributed by atoms with van der Waals surface area (Å²) in [5.74, 6) is 0.353. The van der Waals surface area contributed by atoms with E-state index in [1.165, 1.54) is 6.07 Å². The van der Waals surface area contributed by atoms with Crippen LogP contribution in [0.4, 0.5) is 11.4 Å². The molecule has 0 saturated carbocycles. The summed E-state index contributed by atoms with van der Waals surface area (Å²) >= 11 is 0. The summed E-state index contributed by atoms with van der Waals surface area (Å²) in [4.78, 5) is 14.7. The van der Waals surface area contributed by atoms with E-state index in [9.17, 15) is 13.2 Å². The van der Waals surface area contributed by atoms with E-state index < -0.39 is 10.0 Å². The predicted octanol–water partition coefficient (Wildman–Crippen LogP) is 4.15. The number of rotatable bonds is 6. The van der Waals surface area contributed by atoms with Crippen LogP contribution in [0, 0.1) is 6.92 Å². The number of sulfonamides is 1. The summed E-state index contributed by atoms with van der Waals surface area (Å²) < 4.78 is 33.6. The Labute approximate surface area is 182 Å². The smallest absolute Gasteiger partial charge is 0.265 e. The van der Waals surface area contributed by atoms with Gasteiger partial charge in [-0.2, -0.15) is 0 Å². The number of carbonyl (C=O) groups is 1. The minimum atomic E-state index is -3.72. The van der Waals surface area contributed by atoms with E-state index in [-0.39, 0.29) is 23.5 Å². The van der Waals surface area contributed by atoms with E-state index in [4.69, 9.17) is 4.74 Å². The first-order chi connectivity index (χ1) is 14.8. The number of nitrogens with zero attached hydrogens (tertiary/aromatic N) is 1. The highest BCUT2D eigenvalue weighted by molar-refractivity contribution is 7.92. The van der Waals surface area contributed by atoms with Crippen molar-refractivity contribution in [1.82, 2.24) is 0 Å². The van der Waals surface area contributed by atoms with Gasteiger partial charge in [0, 0.05) is 17.4 Å². The minimum Gasteiger partial charge on any atom is -0.483 e. The highest BCUT2D eigenvalue weighted by Gasteiger charge is 2.30. The number of aryl methyl sites for hydroxylation is 1. The van der Waals surface area contributed by atoms with Crippen molar-refractivity contribution in [1.29, 1.82) is 0 Å². The second-order valence-electron chi connectivity index (χ2n) is 7.63. The van der Waals surface area contributed by atoms with Crippen LogP contribution < -0.4 is 14.4 Å². The van der Waals surface area contributed by atoms with Crippen LogP contribution in [0.3, 0.4) is 0 Å². The van der Waals surface area contributed by atoms with Crippen LogP contribution in [0.5, 0.6) is 5.75 Å². The molecular weight excluding hydrogens is 412 g/mol. The molecule has 4 rings (SSSR count). The van der Waals surface area contributed by atoms with Gasteiger partial charge in [-0.05, 0) is 67.8 Å². The SMILES string of the molecule is Cc1cc(S(=O)(=O)Nc2ccccc2)ccc1OCC(=O)N1c2ccccc2C[C@@H]1C. The second-order valence-corrected chi connectivity index (χ2v) is 9.32. The number of benzene rings is 3. The Morgan fingerprint density at radius 3 is 2.52 bits per heavy atom. The Morgan fingerprint density at radius 1 is 1.06 bits per heavy atom. The lowest BCUT2D eigenvalue weighted by Crippen LogP contribution is -2.39. The van der Waals surface area contributed by atoms with Crippen molar-refractivity contribution >= 4 is 27.3 Å². The average molecular weight is 437 g/mol. The molecule has 1 aliphatic heterocycles. The third kappa shape index (κ3) is 4.41. The van der Waals surface area contributed by atoms with Crippen LogP contribution >= 0.6 is 0 Å². The van der Waals surface area contributed by atoms with Crippen molar-refractivity contribution in [2.45, 2.75) is 31.2 Å². The van der Waals surface area contributed by atoms with E-state index >= 15 is 0 Å². The fraction of sp³-hybridized carbons (Fsp3) is 0.208. The maximum Gasteiger partial charge on any atom is 0.265 e. The van der Waals surface area contributed by atoms with Gasteiger partial charge in [0.15, 0.2) is 6.61 Å².